The van der Waals surface area contributed by atoms with Crippen LogP contribution >= 0.6 is 0 Å². The van der Waals surface area contributed by atoms with Crippen molar-refractivity contribution in [1.29, 1.82) is 0 Å². The fourth-order valence-electron chi connectivity index (χ4n) is 0.678. The molecule has 2 unspecified atom stereocenters. The first kappa shape index (κ1) is 10.3. The zero-order valence-electron chi connectivity index (χ0n) is 7.96. The molecule has 0 aromatic rings. The summed E-state index contributed by atoms with van der Waals surface area (Å²) in [5, 5.41) is 3.19. The molecule has 0 saturated heterocycles. The second kappa shape index (κ2) is 6.02. The highest BCUT2D eigenvalue weighted by molar-refractivity contribution is 4.98. The van der Waals surface area contributed by atoms with E-state index in [0.717, 1.165) is 5.92 Å². The van der Waals surface area contributed by atoms with Crippen molar-refractivity contribution in [3.63, 3.8) is 0 Å². The molecule has 1 N–H and O–H groups in total. The summed E-state index contributed by atoms with van der Waals surface area (Å²) in [6.07, 6.45) is 8.21. The van der Waals surface area contributed by atoms with Crippen molar-refractivity contribution in [3.8, 4) is 0 Å². The SMILES string of the molecule is CC1C=CNC1C.CC=CC. The Morgan fingerprint density at radius 1 is 1.18 bits per heavy atom. The molecule has 2 atom stereocenters. The number of hydrogen-bond acceptors (Lipinski definition) is 1. The first-order valence-corrected chi connectivity index (χ1v) is 4.22. The third kappa shape index (κ3) is 4.65. The number of allylic oxidation sites excluding steroid dienone is 2. The zero-order chi connectivity index (χ0) is 8.69. The predicted molar refractivity (Wildman–Crippen MR) is 51.4 cm³/mol. The second-order valence-electron chi connectivity index (χ2n) is 2.84. The lowest BCUT2D eigenvalue weighted by Crippen LogP contribution is -2.19. The monoisotopic (exact) mass is 153 g/mol. The summed E-state index contributed by atoms with van der Waals surface area (Å²) in [5.41, 5.74) is 0. The molecule has 11 heavy (non-hydrogen) atoms. The molecule has 0 saturated carbocycles. The van der Waals surface area contributed by atoms with E-state index in [9.17, 15) is 0 Å². The molecule has 1 nitrogen and oxygen atoms in total. The number of hydrogen-bond donors (Lipinski definition) is 1. The van der Waals surface area contributed by atoms with Gasteiger partial charge >= 0.3 is 0 Å². The Bertz CT molecular complexity index is 132. The quantitative estimate of drug-likeness (QED) is 0.528. The maximum absolute atomic E-state index is 3.19. The molecule has 0 radical (unpaired) electrons. The zero-order valence-corrected chi connectivity index (χ0v) is 7.96. The van der Waals surface area contributed by atoms with E-state index in [4.69, 9.17) is 0 Å². The van der Waals surface area contributed by atoms with Crippen molar-refractivity contribution in [2.45, 2.75) is 33.7 Å². The molecule has 0 aromatic carbocycles. The number of rotatable bonds is 0. The maximum atomic E-state index is 3.19. The third-order valence-electron chi connectivity index (χ3n) is 1.88. The van der Waals surface area contributed by atoms with E-state index in [0.29, 0.717) is 6.04 Å². The van der Waals surface area contributed by atoms with Crippen molar-refractivity contribution >= 4 is 0 Å². The van der Waals surface area contributed by atoms with Gasteiger partial charge in [0.1, 0.15) is 0 Å². The van der Waals surface area contributed by atoms with Crippen LogP contribution in [0.4, 0.5) is 0 Å². The smallest absolute Gasteiger partial charge is 0.0288 e. The summed E-state index contributed by atoms with van der Waals surface area (Å²) in [4.78, 5) is 0. The van der Waals surface area contributed by atoms with Gasteiger partial charge in [0.05, 0.1) is 0 Å². The third-order valence-corrected chi connectivity index (χ3v) is 1.88. The average molecular weight is 153 g/mol. The fraction of sp³-hybridized carbons (Fsp3) is 0.600. The summed E-state index contributed by atoms with van der Waals surface area (Å²) in [6, 6.07) is 0.653. The highest BCUT2D eigenvalue weighted by atomic mass is 14.9. The van der Waals surface area contributed by atoms with Crippen LogP contribution in [0.5, 0.6) is 0 Å². The topological polar surface area (TPSA) is 12.0 Å². The van der Waals surface area contributed by atoms with Gasteiger partial charge in [-0.25, -0.2) is 0 Å². The molecule has 0 aliphatic carbocycles. The Morgan fingerprint density at radius 2 is 1.73 bits per heavy atom. The van der Waals surface area contributed by atoms with Gasteiger partial charge in [-0.2, -0.15) is 0 Å². The molecule has 1 rings (SSSR count). The predicted octanol–water partition coefficient (Wildman–Crippen LogP) is 2.71. The first-order chi connectivity index (χ1) is 5.22. The van der Waals surface area contributed by atoms with Gasteiger partial charge in [-0.15, -0.1) is 0 Å². The minimum absolute atomic E-state index is 0.653. The van der Waals surface area contributed by atoms with Crippen molar-refractivity contribution in [2.24, 2.45) is 5.92 Å². The van der Waals surface area contributed by atoms with Crippen LogP contribution in [0, 0.1) is 5.92 Å². The van der Waals surface area contributed by atoms with E-state index in [1.807, 2.05) is 32.2 Å². The van der Waals surface area contributed by atoms with Gasteiger partial charge in [-0.1, -0.05) is 25.2 Å². The molecule has 0 spiro atoms. The standard InChI is InChI=1S/C6H11N.C4H8/c1-5-3-4-7-6(5)2;1-3-4-2/h3-7H,1-2H3;3-4H,1-2H3. The summed E-state index contributed by atoms with van der Waals surface area (Å²) < 4.78 is 0. The summed E-state index contributed by atoms with van der Waals surface area (Å²) >= 11 is 0. The van der Waals surface area contributed by atoms with Gasteiger partial charge in [0.25, 0.3) is 0 Å². The lowest BCUT2D eigenvalue weighted by Gasteiger charge is -2.06. The Labute approximate surface area is 70.2 Å². The van der Waals surface area contributed by atoms with Crippen LogP contribution in [0.1, 0.15) is 27.7 Å². The second-order valence-corrected chi connectivity index (χ2v) is 2.84. The molecule has 64 valence electrons. The Morgan fingerprint density at radius 3 is 1.82 bits per heavy atom. The van der Waals surface area contributed by atoms with Gasteiger partial charge in [-0.3, -0.25) is 0 Å². The van der Waals surface area contributed by atoms with Gasteiger partial charge in [0.15, 0.2) is 0 Å². The van der Waals surface area contributed by atoms with Crippen LogP contribution in [-0.2, 0) is 0 Å². The molecule has 1 heterocycles. The molecular weight excluding hydrogens is 134 g/mol. The van der Waals surface area contributed by atoms with Gasteiger partial charge in [0, 0.05) is 6.04 Å². The number of nitrogens with one attached hydrogen (secondary N) is 1. The normalized spacial score (nSPS) is 28.0. The van der Waals surface area contributed by atoms with Crippen LogP contribution < -0.4 is 5.32 Å². The van der Waals surface area contributed by atoms with E-state index in [1.165, 1.54) is 0 Å². The van der Waals surface area contributed by atoms with Crippen molar-refractivity contribution < 1.29 is 0 Å². The van der Waals surface area contributed by atoms with Gasteiger partial charge in [-0.05, 0) is 32.9 Å². The molecule has 0 bridgehead atoms. The van der Waals surface area contributed by atoms with Crippen LogP contribution in [0.3, 0.4) is 0 Å². The van der Waals surface area contributed by atoms with Crippen LogP contribution in [0.2, 0.25) is 0 Å². The Kier molecular flexibility index (Phi) is 5.63. The molecule has 0 fully saturated rings. The maximum Gasteiger partial charge on any atom is 0.0288 e. The molecule has 0 aromatic heterocycles. The van der Waals surface area contributed by atoms with Crippen LogP contribution in [0.25, 0.3) is 0 Å². The minimum Gasteiger partial charge on any atom is -0.388 e. The Hall–Kier alpha value is -0.720. The van der Waals surface area contributed by atoms with E-state index in [2.05, 4.69) is 25.2 Å². The lowest BCUT2D eigenvalue weighted by molar-refractivity contribution is 0.556. The molecule has 1 heteroatoms. The summed E-state index contributed by atoms with van der Waals surface area (Å²) in [6.45, 7) is 8.39. The summed E-state index contributed by atoms with van der Waals surface area (Å²) in [7, 11) is 0. The first-order valence-electron chi connectivity index (χ1n) is 4.22. The van der Waals surface area contributed by atoms with Crippen LogP contribution in [-0.4, -0.2) is 6.04 Å². The van der Waals surface area contributed by atoms with Crippen molar-refractivity contribution in [2.75, 3.05) is 0 Å². The van der Waals surface area contributed by atoms with E-state index >= 15 is 0 Å². The largest absolute Gasteiger partial charge is 0.388 e. The van der Waals surface area contributed by atoms with Crippen LogP contribution in [0.15, 0.2) is 24.4 Å². The average Bonchev–Trinajstić information content (AvgIpc) is 2.37. The van der Waals surface area contributed by atoms with Gasteiger partial charge < -0.3 is 5.32 Å². The Balaban J connectivity index is 0.000000218. The van der Waals surface area contributed by atoms with Gasteiger partial charge in [0.2, 0.25) is 0 Å². The summed E-state index contributed by atoms with van der Waals surface area (Å²) in [5.74, 6) is 0.722. The highest BCUT2D eigenvalue weighted by Gasteiger charge is 2.10. The van der Waals surface area contributed by atoms with E-state index < -0.39 is 0 Å². The van der Waals surface area contributed by atoms with Crippen molar-refractivity contribution in [3.05, 3.63) is 24.4 Å². The molecular formula is C10H19N. The highest BCUT2D eigenvalue weighted by Crippen LogP contribution is 2.08. The minimum atomic E-state index is 0.653. The van der Waals surface area contributed by atoms with E-state index in [1.54, 1.807) is 0 Å². The molecule has 1 aliphatic rings. The van der Waals surface area contributed by atoms with E-state index in [-0.39, 0.29) is 0 Å². The van der Waals surface area contributed by atoms with Crippen molar-refractivity contribution in [1.82, 2.24) is 5.32 Å². The lowest BCUT2D eigenvalue weighted by atomic mass is 10.1. The molecule has 1 aliphatic heterocycles. The molecule has 0 amide bonds. The fourth-order valence-corrected chi connectivity index (χ4v) is 0.678.